The fourth-order valence-corrected chi connectivity index (χ4v) is 5.97. The summed E-state index contributed by atoms with van der Waals surface area (Å²) in [7, 11) is -3.63. The van der Waals surface area contributed by atoms with Crippen LogP contribution in [0.4, 0.5) is 5.69 Å². The summed E-state index contributed by atoms with van der Waals surface area (Å²) < 4.78 is 28.8. The largest absolute Gasteiger partial charge is 0.279 e. The van der Waals surface area contributed by atoms with Crippen LogP contribution < -0.4 is 4.72 Å². The van der Waals surface area contributed by atoms with Gasteiger partial charge in [-0.3, -0.25) is 4.72 Å². The minimum atomic E-state index is -3.63. The maximum atomic E-state index is 12.9. The quantitative estimate of drug-likeness (QED) is 0.543. The van der Waals surface area contributed by atoms with Crippen molar-refractivity contribution in [2.45, 2.75) is 50.2 Å². The minimum Gasteiger partial charge on any atom is -0.279 e. The van der Waals surface area contributed by atoms with Gasteiger partial charge >= 0.3 is 0 Å². The highest BCUT2D eigenvalue weighted by molar-refractivity contribution is 7.94. The van der Waals surface area contributed by atoms with E-state index in [1.807, 2.05) is 42.8 Å². The molecule has 2 heterocycles. The number of hydrogen-bond acceptors (Lipinski definition) is 5. The first-order valence-electron chi connectivity index (χ1n) is 8.74. The minimum absolute atomic E-state index is 0.0260. The Kier molecular flexibility index (Phi) is 5.47. The van der Waals surface area contributed by atoms with E-state index in [4.69, 9.17) is 0 Å². The van der Waals surface area contributed by atoms with Crippen molar-refractivity contribution in [3.05, 3.63) is 52.3 Å². The van der Waals surface area contributed by atoms with Crippen LogP contribution in [-0.4, -0.2) is 13.4 Å². The van der Waals surface area contributed by atoms with E-state index in [9.17, 15) is 8.42 Å². The number of anilines is 1. The highest BCUT2D eigenvalue weighted by Crippen LogP contribution is 2.34. The number of thiophene rings is 1. The Morgan fingerprint density at radius 2 is 1.78 bits per heavy atom. The average molecular weight is 421 g/mol. The second kappa shape index (κ2) is 7.37. The molecule has 1 N–H and O–H groups in total. The van der Waals surface area contributed by atoms with E-state index in [2.05, 4.69) is 30.5 Å². The molecule has 0 aliphatic carbocycles. The Bertz CT molecular complexity index is 1040. The number of sulfonamides is 1. The van der Waals surface area contributed by atoms with Gasteiger partial charge in [0.1, 0.15) is 9.22 Å². The summed E-state index contributed by atoms with van der Waals surface area (Å²) in [6, 6.07) is 9.22. The molecule has 0 bridgehead atoms. The number of nitrogens with one attached hydrogen (secondary N) is 1. The number of hydrogen-bond donors (Lipinski definition) is 1. The number of rotatable bonds is 5. The molecule has 1 aromatic carbocycles. The molecule has 144 valence electrons. The molecule has 7 heteroatoms. The second-order valence-electron chi connectivity index (χ2n) is 7.79. The molecule has 3 aromatic rings. The number of nitrogens with zero attached hydrogens (tertiary/aromatic N) is 1. The molecule has 3 rings (SSSR count). The van der Waals surface area contributed by atoms with Crippen LogP contribution in [-0.2, 0) is 15.4 Å². The van der Waals surface area contributed by atoms with Crippen molar-refractivity contribution in [1.29, 1.82) is 0 Å². The smallest absolute Gasteiger partial charge is 0.271 e. The van der Waals surface area contributed by atoms with Crippen molar-refractivity contribution in [3.8, 4) is 10.6 Å². The SMILES string of the molecule is CC(C)c1ccccc1NS(=O)(=O)c1cc(-c2nc(C(C)(C)C)cs2)cs1. The normalized spacial score (nSPS) is 12.5. The second-order valence-corrected chi connectivity index (χ2v) is 11.5. The molecular weight excluding hydrogens is 396 g/mol. The van der Waals surface area contributed by atoms with Gasteiger partial charge in [0.15, 0.2) is 0 Å². The maximum absolute atomic E-state index is 12.9. The molecule has 27 heavy (non-hydrogen) atoms. The van der Waals surface area contributed by atoms with Gasteiger partial charge in [-0.15, -0.1) is 22.7 Å². The molecule has 2 aromatic heterocycles. The van der Waals surface area contributed by atoms with Crippen molar-refractivity contribution in [1.82, 2.24) is 4.98 Å². The lowest BCUT2D eigenvalue weighted by Crippen LogP contribution is -2.13. The highest BCUT2D eigenvalue weighted by atomic mass is 32.2. The van der Waals surface area contributed by atoms with Gasteiger partial charge in [-0.05, 0) is 23.6 Å². The van der Waals surface area contributed by atoms with Gasteiger partial charge in [-0.1, -0.05) is 52.8 Å². The Labute approximate surface area is 169 Å². The molecule has 0 spiro atoms. The number of thiazole rings is 1. The number of aromatic nitrogens is 1. The third-order valence-electron chi connectivity index (χ3n) is 4.19. The summed E-state index contributed by atoms with van der Waals surface area (Å²) in [6.45, 7) is 10.4. The molecule has 0 aliphatic rings. The average Bonchev–Trinajstić information content (AvgIpc) is 3.24. The molecule has 0 saturated heterocycles. The summed E-state index contributed by atoms with van der Waals surface area (Å²) in [6.07, 6.45) is 0. The van der Waals surface area contributed by atoms with Crippen LogP contribution in [0, 0.1) is 0 Å². The van der Waals surface area contributed by atoms with Crippen LogP contribution in [0.1, 0.15) is 51.8 Å². The maximum Gasteiger partial charge on any atom is 0.271 e. The first-order chi connectivity index (χ1) is 12.6. The van der Waals surface area contributed by atoms with E-state index in [1.165, 1.54) is 11.3 Å². The van der Waals surface area contributed by atoms with Crippen molar-refractivity contribution in [2.75, 3.05) is 4.72 Å². The molecule has 0 amide bonds. The van der Waals surface area contributed by atoms with E-state index < -0.39 is 10.0 Å². The molecule has 4 nitrogen and oxygen atoms in total. The van der Waals surface area contributed by atoms with E-state index in [-0.39, 0.29) is 11.3 Å². The molecule has 0 saturated carbocycles. The molecule has 0 fully saturated rings. The van der Waals surface area contributed by atoms with Crippen LogP contribution in [0.25, 0.3) is 10.6 Å². The van der Waals surface area contributed by atoms with Crippen molar-refractivity contribution in [2.24, 2.45) is 0 Å². The third-order valence-corrected chi connectivity index (χ3v) is 7.88. The van der Waals surface area contributed by atoms with Crippen molar-refractivity contribution in [3.63, 3.8) is 0 Å². The van der Waals surface area contributed by atoms with E-state index in [0.717, 1.165) is 21.8 Å². The predicted octanol–water partition coefficient (Wildman–Crippen LogP) is 6.09. The van der Waals surface area contributed by atoms with Gasteiger partial charge in [-0.2, -0.15) is 0 Å². The Morgan fingerprint density at radius 3 is 2.41 bits per heavy atom. The van der Waals surface area contributed by atoms with Crippen molar-refractivity contribution < 1.29 is 8.42 Å². The Balaban J connectivity index is 1.88. The fraction of sp³-hybridized carbons (Fsp3) is 0.350. The standard InChI is InChI=1S/C20H24N2O2S3/c1-13(2)15-8-6-7-9-16(15)22-27(23,24)18-10-14(11-25-18)19-21-17(12-26-19)20(3,4)5/h6-13,22H,1-5H3. The molecular formula is C20H24N2O2S3. The van der Waals surface area contributed by atoms with Gasteiger partial charge in [0.05, 0.1) is 11.4 Å². The lowest BCUT2D eigenvalue weighted by atomic mass is 9.93. The summed E-state index contributed by atoms with van der Waals surface area (Å²) in [5.41, 5.74) is 3.45. The van der Waals surface area contributed by atoms with Crippen LogP contribution in [0.2, 0.25) is 0 Å². The highest BCUT2D eigenvalue weighted by Gasteiger charge is 2.22. The lowest BCUT2D eigenvalue weighted by molar-refractivity contribution is 0.573. The molecule has 0 unspecified atom stereocenters. The van der Waals surface area contributed by atoms with Gasteiger partial charge in [0.2, 0.25) is 0 Å². The fourth-order valence-electron chi connectivity index (χ4n) is 2.61. The van der Waals surface area contributed by atoms with E-state index in [0.29, 0.717) is 9.90 Å². The topological polar surface area (TPSA) is 59.1 Å². The van der Waals surface area contributed by atoms with Gasteiger partial charge in [0, 0.05) is 21.7 Å². The summed E-state index contributed by atoms with van der Waals surface area (Å²) in [5.74, 6) is 0.230. The first kappa shape index (κ1) is 20.0. The van der Waals surface area contributed by atoms with E-state index >= 15 is 0 Å². The zero-order valence-electron chi connectivity index (χ0n) is 16.1. The van der Waals surface area contributed by atoms with Crippen LogP contribution >= 0.6 is 22.7 Å². The summed E-state index contributed by atoms with van der Waals surface area (Å²) in [4.78, 5) is 4.68. The van der Waals surface area contributed by atoms with Gasteiger partial charge < -0.3 is 0 Å². The van der Waals surface area contributed by atoms with Crippen LogP contribution in [0.3, 0.4) is 0 Å². The summed E-state index contributed by atoms with van der Waals surface area (Å²) in [5, 5.41) is 4.74. The number of para-hydroxylation sites is 1. The Morgan fingerprint density at radius 1 is 1.07 bits per heavy atom. The molecule has 0 atom stereocenters. The Hall–Kier alpha value is -1.70. The first-order valence-corrected chi connectivity index (χ1v) is 12.0. The third kappa shape index (κ3) is 4.42. The lowest BCUT2D eigenvalue weighted by Gasteiger charge is -2.14. The summed E-state index contributed by atoms with van der Waals surface area (Å²) >= 11 is 2.76. The zero-order valence-corrected chi connectivity index (χ0v) is 18.6. The van der Waals surface area contributed by atoms with Gasteiger partial charge in [-0.25, -0.2) is 13.4 Å². The zero-order chi connectivity index (χ0) is 19.8. The molecule has 0 aliphatic heterocycles. The van der Waals surface area contributed by atoms with Crippen LogP contribution in [0.5, 0.6) is 0 Å². The van der Waals surface area contributed by atoms with Crippen LogP contribution in [0.15, 0.2) is 45.3 Å². The number of benzene rings is 1. The van der Waals surface area contributed by atoms with E-state index in [1.54, 1.807) is 23.5 Å². The van der Waals surface area contributed by atoms with Gasteiger partial charge in [0.25, 0.3) is 10.0 Å². The van der Waals surface area contributed by atoms with Crippen molar-refractivity contribution >= 4 is 38.4 Å². The predicted molar refractivity (Wildman–Crippen MR) is 115 cm³/mol. The monoisotopic (exact) mass is 420 g/mol. The molecule has 0 radical (unpaired) electrons.